The minimum Gasteiger partial charge on any atom is -0.398 e. The molecule has 1 aromatic carbocycles. The van der Waals surface area contributed by atoms with Crippen molar-refractivity contribution in [2.45, 2.75) is 25.3 Å². The van der Waals surface area contributed by atoms with Crippen LogP contribution in [0.25, 0.3) is 33.5 Å². The van der Waals surface area contributed by atoms with Gasteiger partial charge >= 0.3 is 0 Å². The average molecular weight is 360 g/mol. The summed E-state index contributed by atoms with van der Waals surface area (Å²) in [5, 5.41) is 15.5. The van der Waals surface area contributed by atoms with Crippen molar-refractivity contribution in [1.82, 2.24) is 25.7 Å². The molecule has 4 aromatic rings. The van der Waals surface area contributed by atoms with E-state index in [9.17, 15) is 0 Å². The van der Waals surface area contributed by atoms with Crippen LogP contribution in [0.1, 0.15) is 31.0 Å². The van der Waals surface area contributed by atoms with Crippen LogP contribution >= 0.6 is 0 Å². The number of rotatable bonds is 3. The van der Waals surface area contributed by atoms with E-state index < -0.39 is 0 Å². The summed E-state index contributed by atoms with van der Waals surface area (Å²) in [6.07, 6.45) is 7.14. The lowest BCUT2D eigenvalue weighted by molar-refractivity contribution is 0.368. The minimum atomic E-state index is 0.256. The van der Waals surface area contributed by atoms with Gasteiger partial charge < -0.3 is 15.6 Å². The lowest BCUT2D eigenvalue weighted by atomic mass is 10.0. The lowest BCUT2D eigenvalue weighted by Gasteiger charge is -2.20. The number of aromatic amines is 1. The summed E-state index contributed by atoms with van der Waals surface area (Å²) in [5.41, 5.74) is 11.5. The Hall–Kier alpha value is -3.19. The maximum absolute atomic E-state index is 6.33. The second-order valence-electron chi connectivity index (χ2n) is 6.93. The molecule has 1 atom stereocenters. The first-order chi connectivity index (χ1) is 13.3. The van der Waals surface area contributed by atoms with Crippen molar-refractivity contribution in [3.8, 4) is 22.6 Å². The van der Waals surface area contributed by atoms with Gasteiger partial charge in [0.05, 0.1) is 17.8 Å². The highest BCUT2D eigenvalue weighted by molar-refractivity contribution is 5.95. The number of hydrogen-bond donors (Lipinski definition) is 3. The molecule has 4 heterocycles. The maximum Gasteiger partial charge on any atom is 0.185 e. The van der Waals surface area contributed by atoms with Crippen molar-refractivity contribution in [2.24, 2.45) is 0 Å². The van der Waals surface area contributed by atoms with Crippen LogP contribution in [0.4, 0.5) is 5.69 Å². The number of nitrogens with two attached hydrogens (primary N) is 1. The molecule has 0 radical (unpaired) electrons. The molecule has 0 saturated carbocycles. The summed E-state index contributed by atoms with van der Waals surface area (Å²) in [5.74, 6) is 0.643. The van der Waals surface area contributed by atoms with Crippen molar-refractivity contribution in [2.75, 3.05) is 12.3 Å². The molecule has 1 unspecified atom stereocenters. The van der Waals surface area contributed by atoms with E-state index in [1.165, 1.54) is 12.8 Å². The van der Waals surface area contributed by atoms with Crippen molar-refractivity contribution in [1.29, 1.82) is 0 Å². The first-order valence-corrected chi connectivity index (χ1v) is 9.18. The van der Waals surface area contributed by atoms with Crippen molar-refractivity contribution >= 4 is 16.6 Å². The minimum absolute atomic E-state index is 0.256. The number of fused-ring (bicyclic) bond motifs is 1. The van der Waals surface area contributed by atoms with E-state index in [0.717, 1.165) is 40.7 Å². The Balaban J connectivity index is 1.51. The van der Waals surface area contributed by atoms with E-state index in [-0.39, 0.29) is 6.04 Å². The second-order valence-corrected chi connectivity index (χ2v) is 6.93. The largest absolute Gasteiger partial charge is 0.398 e. The number of nitrogens with one attached hydrogen (secondary N) is 2. The predicted molar refractivity (Wildman–Crippen MR) is 104 cm³/mol. The van der Waals surface area contributed by atoms with E-state index >= 15 is 0 Å². The number of nitrogen functional groups attached to an aromatic ring is 1. The molecule has 1 fully saturated rings. The molecule has 0 spiro atoms. The summed E-state index contributed by atoms with van der Waals surface area (Å²) in [7, 11) is 0. The van der Waals surface area contributed by atoms with Gasteiger partial charge in [0.1, 0.15) is 11.4 Å². The van der Waals surface area contributed by atoms with E-state index in [4.69, 9.17) is 15.2 Å². The summed E-state index contributed by atoms with van der Waals surface area (Å²) < 4.78 is 5.57. The van der Waals surface area contributed by atoms with Crippen LogP contribution < -0.4 is 11.1 Å². The summed E-state index contributed by atoms with van der Waals surface area (Å²) in [6, 6.07) is 10.1. The monoisotopic (exact) mass is 360 g/mol. The van der Waals surface area contributed by atoms with Crippen LogP contribution in [0.15, 0.2) is 47.2 Å². The number of aromatic nitrogens is 4. The van der Waals surface area contributed by atoms with Gasteiger partial charge in [-0.15, -0.1) is 0 Å². The van der Waals surface area contributed by atoms with Crippen LogP contribution in [-0.2, 0) is 0 Å². The fourth-order valence-corrected chi connectivity index (χ4v) is 3.64. The highest BCUT2D eigenvalue weighted by Gasteiger charge is 2.20. The number of pyridine rings is 1. The van der Waals surface area contributed by atoms with Crippen molar-refractivity contribution in [3.63, 3.8) is 0 Å². The fraction of sp³-hybridized carbons (Fsp3) is 0.250. The Kier molecular flexibility index (Phi) is 3.86. The topological polar surface area (TPSA) is 106 Å². The number of nitrogens with zero attached hydrogens (tertiary/aromatic N) is 3. The Morgan fingerprint density at radius 2 is 2.07 bits per heavy atom. The third-order valence-corrected chi connectivity index (χ3v) is 5.12. The SMILES string of the molecule is Nc1cc(-c2cc(C3CCCCN3)no2)nc2ccc(-c3cn[nH]c3)cc12. The zero-order chi connectivity index (χ0) is 18.2. The predicted octanol–water partition coefficient (Wildman–Crippen LogP) is 3.68. The van der Waals surface area contributed by atoms with Gasteiger partial charge in [0, 0.05) is 28.9 Å². The first-order valence-electron chi connectivity index (χ1n) is 9.18. The molecule has 5 rings (SSSR count). The third kappa shape index (κ3) is 2.96. The Morgan fingerprint density at radius 3 is 2.89 bits per heavy atom. The second kappa shape index (κ2) is 6.51. The Labute approximate surface area is 156 Å². The molecule has 1 aliphatic rings. The fourth-order valence-electron chi connectivity index (χ4n) is 3.64. The smallest absolute Gasteiger partial charge is 0.185 e. The van der Waals surface area contributed by atoms with E-state index in [1.807, 2.05) is 36.5 Å². The molecule has 3 aromatic heterocycles. The van der Waals surface area contributed by atoms with Gasteiger partial charge in [0.2, 0.25) is 0 Å². The molecule has 1 saturated heterocycles. The maximum atomic E-state index is 6.33. The molecule has 27 heavy (non-hydrogen) atoms. The molecule has 7 heteroatoms. The van der Waals surface area contributed by atoms with Crippen LogP contribution in [0.3, 0.4) is 0 Å². The number of H-pyrrole nitrogens is 1. The molecule has 1 aliphatic heterocycles. The van der Waals surface area contributed by atoms with Crippen LogP contribution in [0.5, 0.6) is 0 Å². The quantitative estimate of drug-likeness (QED) is 0.515. The van der Waals surface area contributed by atoms with Gasteiger partial charge in [-0.3, -0.25) is 5.10 Å². The van der Waals surface area contributed by atoms with Gasteiger partial charge in [-0.2, -0.15) is 5.10 Å². The van der Waals surface area contributed by atoms with Crippen LogP contribution in [-0.4, -0.2) is 26.9 Å². The van der Waals surface area contributed by atoms with E-state index in [2.05, 4.69) is 20.7 Å². The van der Waals surface area contributed by atoms with Gasteiger partial charge in [0.15, 0.2) is 5.76 Å². The molecule has 0 bridgehead atoms. The van der Waals surface area contributed by atoms with Gasteiger partial charge in [-0.05, 0) is 43.1 Å². The first kappa shape index (κ1) is 16.0. The number of anilines is 1. The zero-order valence-electron chi connectivity index (χ0n) is 14.8. The van der Waals surface area contributed by atoms with Crippen molar-refractivity contribution < 1.29 is 4.52 Å². The summed E-state index contributed by atoms with van der Waals surface area (Å²) >= 11 is 0. The molecule has 0 aliphatic carbocycles. The number of hydrogen-bond acceptors (Lipinski definition) is 6. The lowest BCUT2D eigenvalue weighted by Crippen LogP contribution is -2.26. The van der Waals surface area contributed by atoms with E-state index in [1.54, 1.807) is 6.20 Å². The zero-order valence-corrected chi connectivity index (χ0v) is 14.8. The number of benzene rings is 1. The molecule has 0 amide bonds. The third-order valence-electron chi connectivity index (χ3n) is 5.12. The van der Waals surface area contributed by atoms with Gasteiger partial charge in [-0.1, -0.05) is 17.6 Å². The van der Waals surface area contributed by atoms with Crippen molar-refractivity contribution in [3.05, 3.63) is 48.4 Å². The standard InChI is InChI=1S/C20H20N6O/c21-15-8-19(20-9-18(26-27-20)17-3-1-2-6-22-17)25-16-5-4-12(7-14(15)16)13-10-23-24-11-13/h4-5,7-11,17,22H,1-3,6H2,(H2,21,25)(H,23,24). The molecule has 4 N–H and O–H groups in total. The highest BCUT2D eigenvalue weighted by atomic mass is 16.5. The Morgan fingerprint density at radius 1 is 1.11 bits per heavy atom. The average Bonchev–Trinajstić information content (AvgIpc) is 3.41. The summed E-state index contributed by atoms with van der Waals surface area (Å²) in [6.45, 7) is 1.02. The molecular formula is C20H20N6O. The molecule has 136 valence electrons. The Bertz CT molecular complexity index is 1080. The summed E-state index contributed by atoms with van der Waals surface area (Å²) in [4.78, 5) is 4.73. The molecule has 7 nitrogen and oxygen atoms in total. The highest BCUT2D eigenvalue weighted by Crippen LogP contribution is 2.31. The van der Waals surface area contributed by atoms with E-state index in [0.29, 0.717) is 17.1 Å². The van der Waals surface area contributed by atoms with Gasteiger partial charge in [0.25, 0.3) is 0 Å². The normalized spacial score (nSPS) is 17.4. The number of piperidine rings is 1. The van der Waals surface area contributed by atoms with Crippen LogP contribution in [0.2, 0.25) is 0 Å². The van der Waals surface area contributed by atoms with Gasteiger partial charge in [-0.25, -0.2) is 4.98 Å². The molecular weight excluding hydrogens is 340 g/mol. The van der Waals surface area contributed by atoms with Crippen LogP contribution in [0, 0.1) is 0 Å².